The summed E-state index contributed by atoms with van der Waals surface area (Å²) < 4.78 is 0. The molecule has 0 spiro atoms. The first-order chi connectivity index (χ1) is 9.31. The van der Waals surface area contributed by atoms with Crippen molar-refractivity contribution < 1.29 is 0 Å². The first kappa shape index (κ1) is 12.1. The molecule has 0 aliphatic carbocycles. The van der Waals surface area contributed by atoms with Gasteiger partial charge in [-0.3, -0.25) is 0 Å². The molecular formula is C17H20N2. The fourth-order valence-corrected chi connectivity index (χ4v) is 2.81. The molecule has 0 unspecified atom stereocenters. The number of fused-ring (bicyclic) bond motifs is 1. The summed E-state index contributed by atoms with van der Waals surface area (Å²) in [5.41, 5.74) is 10.8. The van der Waals surface area contributed by atoms with E-state index in [9.17, 15) is 0 Å². The average Bonchev–Trinajstić information content (AvgIpc) is 2.45. The standard InChI is InChI=1S/C17H20N2/c18-15-6-3-4-13(12-15)8-10-16-11-9-14-5-1-2-7-17(14)19-16/h1-7,12,16,19H,8-11,18H2/t16-/m1/s1. The number of rotatable bonds is 3. The van der Waals surface area contributed by atoms with Crippen molar-refractivity contribution >= 4 is 11.4 Å². The van der Waals surface area contributed by atoms with Crippen molar-refractivity contribution in [1.29, 1.82) is 0 Å². The maximum Gasteiger partial charge on any atom is 0.0374 e. The van der Waals surface area contributed by atoms with E-state index in [4.69, 9.17) is 5.73 Å². The summed E-state index contributed by atoms with van der Waals surface area (Å²) in [6.07, 6.45) is 4.66. The second-order valence-electron chi connectivity index (χ2n) is 5.32. The van der Waals surface area contributed by atoms with Crippen molar-refractivity contribution in [3.63, 3.8) is 0 Å². The van der Waals surface area contributed by atoms with Gasteiger partial charge in [-0.15, -0.1) is 0 Å². The normalized spacial score (nSPS) is 17.6. The van der Waals surface area contributed by atoms with Crippen LogP contribution in [0.4, 0.5) is 11.4 Å². The predicted molar refractivity (Wildman–Crippen MR) is 81.3 cm³/mol. The van der Waals surface area contributed by atoms with Crippen LogP contribution in [0.25, 0.3) is 0 Å². The number of nitrogen functional groups attached to an aromatic ring is 1. The second-order valence-corrected chi connectivity index (χ2v) is 5.32. The van der Waals surface area contributed by atoms with Gasteiger partial charge in [0.25, 0.3) is 0 Å². The van der Waals surface area contributed by atoms with E-state index < -0.39 is 0 Å². The quantitative estimate of drug-likeness (QED) is 0.819. The minimum absolute atomic E-state index is 0.580. The predicted octanol–water partition coefficient (Wildman–Crippen LogP) is 3.63. The molecule has 0 bridgehead atoms. The van der Waals surface area contributed by atoms with Crippen LogP contribution in [0.5, 0.6) is 0 Å². The Kier molecular flexibility index (Phi) is 3.41. The third-order valence-corrected chi connectivity index (χ3v) is 3.87. The van der Waals surface area contributed by atoms with Gasteiger partial charge in [-0.1, -0.05) is 30.3 Å². The third kappa shape index (κ3) is 2.90. The molecule has 2 aromatic carbocycles. The summed E-state index contributed by atoms with van der Waals surface area (Å²) in [5, 5.41) is 3.65. The molecule has 0 aromatic heterocycles. The van der Waals surface area contributed by atoms with Crippen LogP contribution in [-0.2, 0) is 12.8 Å². The molecule has 2 nitrogen and oxygen atoms in total. The zero-order valence-electron chi connectivity index (χ0n) is 11.1. The summed E-state index contributed by atoms with van der Waals surface area (Å²) >= 11 is 0. The van der Waals surface area contributed by atoms with Crippen LogP contribution in [0.15, 0.2) is 48.5 Å². The van der Waals surface area contributed by atoms with Crippen LogP contribution in [0.1, 0.15) is 24.0 Å². The highest BCUT2D eigenvalue weighted by Crippen LogP contribution is 2.26. The Morgan fingerprint density at radius 3 is 2.89 bits per heavy atom. The van der Waals surface area contributed by atoms with E-state index in [1.165, 1.54) is 29.7 Å². The van der Waals surface area contributed by atoms with Gasteiger partial charge in [0.05, 0.1) is 0 Å². The molecule has 98 valence electrons. The largest absolute Gasteiger partial charge is 0.399 e. The Bertz CT molecular complexity index is 563. The highest BCUT2D eigenvalue weighted by Gasteiger charge is 2.16. The smallest absolute Gasteiger partial charge is 0.0374 e. The van der Waals surface area contributed by atoms with Crippen LogP contribution in [-0.4, -0.2) is 6.04 Å². The van der Waals surface area contributed by atoms with E-state index in [-0.39, 0.29) is 0 Å². The lowest BCUT2D eigenvalue weighted by molar-refractivity contribution is 0.587. The summed E-state index contributed by atoms with van der Waals surface area (Å²) in [4.78, 5) is 0. The van der Waals surface area contributed by atoms with E-state index in [0.29, 0.717) is 6.04 Å². The summed E-state index contributed by atoms with van der Waals surface area (Å²) in [7, 11) is 0. The van der Waals surface area contributed by atoms with Gasteiger partial charge < -0.3 is 11.1 Å². The fourth-order valence-electron chi connectivity index (χ4n) is 2.81. The van der Waals surface area contributed by atoms with Crippen LogP contribution >= 0.6 is 0 Å². The summed E-state index contributed by atoms with van der Waals surface area (Å²) in [6, 6.07) is 17.4. The highest BCUT2D eigenvalue weighted by atomic mass is 14.9. The van der Waals surface area contributed by atoms with Gasteiger partial charge >= 0.3 is 0 Å². The van der Waals surface area contributed by atoms with Gasteiger partial charge in [0.1, 0.15) is 0 Å². The average molecular weight is 252 g/mol. The monoisotopic (exact) mass is 252 g/mol. The lowest BCUT2D eigenvalue weighted by Crippen LogP contribution is -2.25. The number of para-hydroxylation sites is 1. The number of aryl methyl sites for hydroxylation is 2. The Morgan fingerprint density at radius 2 is 2.00 bits per heavy atom. The maximum absolute atomic E-state index is 5.81. The van der Waals surface area contributed by atoms with Crippen LogP contribution in [0.3, 0.4) is 0 Å². The summed E-state index contributed by atoms with van der Waals surface area (Å²) in [6.45, 7) is 0. The molecule has 0 saturated carbocycles. The molecule has 3 N–H and O–H groups in total. The fraction of sp³-hybridized carbons (Fsp3) is 0.294. The molecule has 0 fully saturated rings. The Morgan fingerprint density at radius 1 is 1.11 bits per heavy atom. The minimum atomic E-state index is 0.580. The Balaban J connectivity index is 1.61. The molecule has 1 aliphatic rings. The topological polar surface area (TPSA) is 38.0 Å². The molecular weight excluding hydrogens is 232 g/mol. The number of hydrogen-bond acceptors (Lipinski definition) is 2. The van der Waals surface area contributed by atoms with E-state index in [2.05, 4.69) is 41.7 Å². The van der Waals surface area contributed by atoms with Crippen LogP contribution in [0.2, 0.25) is 0 Å². The number of anilines is 2. The van der Waals surface area contributed by atoms with E-state index in [1.807, 2.05) is 12.1 Å². The molecule has 19 heavy (non-hydrogen) atoms. The van der Waals surface area contributed by atoms with Crippen molar-refractivity contribution in [3.8, 4) is 0 Å². The molecule has 1 aliphatic heterocycles. The number of benzene rings is 2. The number of nitrogens with one attached hydrogen (secondary N) is 1. The van der Waals surface area contributed by atoms with Crippen molar-refractivity contribution in [2.24, 2.45) is 0 Å². The van der Waals surface area contributed by atoms with E-state index in [0.717, 1.165) is 18.5 Å². The van der Waals surface area contributed by atoms with Gasteiger partial charge in [-0.25, -0.2) is 0 Å². The van der Waals surface area contributed by atoms with Gasteiger partial charge in [0.2, 0.25) is 0 Å². The molecule has 1 atom stereocenters. The molecule has 2 aromatic rings. The Labute approximate surface area is 114 Å². The van der Waals surface area contributed by atoms with Gasteiger partial charge in [0, 0.05) is 17.4 Å². The van der Waals surface area contributed by atoms with Crippen LogP contribution < -0.4 is 11.1 Å². The highest BCUT2D eigenvalue weighted by molar-refractivity contribution is 5.53. The first-order valence-electron chi connectivity index (χ1n) is 7.00. The molecule has 1 heterocycles. The molecule has 0 amide bonds. The van der Waals surface area contributed by atoms with Crippen molar-refractivity contribution in [2.75, 3.05) is 11.1 Å². The van der Waals surface area contributed by atoms with E-state index >= 15 is 0 Å². The molecule has 3 rings (SSSR count). The van der Waals surface area contributed by atoms with Gasteiger partial charge in [0.15, 0.2) is 0 Å². The zero-order valence-corrected chi connectivity index (χ0v) is 11.1. The molecule has 2 heteroatoms. The summed E-state index contributed by atoms with van der Waals surface area (Å²) in [5.74, 6) is 0. The SMILES string of the molecule is Nc1cccc(CC[C@@H]2CCc3ccccc3N2)c1. The lowest BCUT2D eigenvalue weighted by atomic mass is 9.94. The van der Waals surface area contributed by atoms with Crippen LogP contribution in [0, 0.1) is 0 Å². The van der Waals surface area contributed by atoms with Crippen molar-refractivity contribution in [1.82, 2.24) is 0 Å². The van der Waals surface area contributed by atoms with Crippen molar-refractivity contribution in [3.05, 3.63) is 59.7 Å². The first-order valence-corrected chi connectivity index (χ1v) is 7.00. The lowest BCUT2D eigenvalue weighted by Gasteiger charge is -2.27. The van der Waals surface area contributed by atoms with Crippen molar-refractivity contribution in [2.45, 2.75) is 31.7 Å². The molecule has 0 radical (unpaired) electrons. The van der Waals surface area contributed by atoms with Gasteiger partial charge in [-0.05, 0) is 55.0 Å². The minimum Gasteiger partial charge on any atom is -0.399 e. The number of hydrogen-bond donors (Lipinski definition) is 2. The number of nitrogens with two attached hydrogens (primary N) is 1. The zero-order chi connectivity index (χ0) is 13.1. The second kappa shape index (κ2) is 5.35. The maximum atomic E-state index is 5.81. The molecule has 0 saturated heterocycles. The third-order valence-electron chi connectivity index (χ3n) is 3.87. The van der Waals surface area contributed by atoms with E-state index in [1.54, 1.807) is 0 Å². The Hall–Kier alpha value is -1.96. The van der Waals surface area contributed by atoms with Gasteiger partial charge in [-0.2, -0.15) is 0 Å².